The molecule has 0 radical (unpaired) electrons. The molecule has 0 saturated heterocycles. The molecule has 0 aliphatic heterocycles. The van der Waals surface area contributed by atoms with Crippen LogP contribution in [0.25, 0.3) is 0 Å². The van der Waals surface area contributed by atoms with Gasteiger partial charge in [-0.15, -0.1) is 0 Å². The van der Waals surface area contributed by atoms with E-state index < -0.39 is 0 Å². The van der Waals surface area contributed by atoms with Crippen LogP contribution in [0.3, 0.4) is 0 Å². The van der Waals surface area contributed by atoms with Crippen LogP contribution >= 0.6 is 0 Å². The average Bonchev–Trinajstić information content (AvgIpc) is 2.75. The van der Waals surface area contributed by atoms with Gasteiger partial charge in [0.15, 0.2) is 0 Å². The zero-order valence-electron chi connectivity index (χ0n) is 11.2. The van der Waals surface area contributed by atoms with Crippen molar-refractivity contribution in [2.24, 2.45) is 11.8 Å². The van der Waals surface area contributed by atoms with Crippen LogP contribution < -0.4 is 56.5 Å². The van der Waals surface area contributed by atoms with Crippen molar-refractivity contribution in [3.8, 4) is 0 Å². The molecule has 1 saturated carbocycles. The molecule has 0 aromatic carbocycles. The summed E-state index contributed by atoms with van der Waals surface area (Å²) >= 11 is 0. The van der Waals surface area contributed by atoms with Crippen LogP contribution in [-0.2, 0) is 0 Å². The van der Waals surface area contributed by atoms with E-state index in [1.165, 1.54) is 51.4 Å². The summed E-state index contributed by atoms with van der Waals surface area (Å²) in [6, 6.07) is 0. The van der Waals surface area contributed by atoms with Crippen molar-refractivity contribution >= 4 is 0 Å². The summed E-state index contributed by atoms with van der Waals surface area (Å²) in [4.78, 5) is 0. The van der Waals surface area contributed by atoms with Crippen molar-refractivity contribution in [2.75, 3.05) is 7.11 Å². The third-order valence-electron chi connectivity index (χ3n) is 3.61. The summed E-state index contributed by atoms with van der Waals surface area (Å²) in [6.45, 7) is 4.67. The monoisotopic (exact) mass is 238 g/mol. The summed E-state index contributed by atoms with van der Waals surface area (Å²) in [7, 11) is 0.750. The SMILES string of the molecule is CCC(CC)CCC1CCCC1.C[O-].[K+]. The minimum atomic E-state index is 0. The maximum atomic E-state index is 8.25. The van der Waals surface area contributed by atoms with Gasteiger partial charge in [0.25, 0.3) is 0 Å². The van der Waals surface area contributed by atoms with Crippen molar-refractivity contribution in [3.63, 3.8) is 0 Å². The number of rotatable bonds is 5. The molecule has 0 heterocycles. The van der Waals surface area contributed by atoms with E-state index in [-0.39, 0.29) is 51.4 Å². The Morgan fingerprint density at radius 3 is 1.93 bits per heavy atom. The molecule has 0 unspecified atom stereocenters. The Balaban J connectivity index is 0. The van der Waals surface area contributed by atoms with E-state index in [1.807, 2.05) is 0 Å². The average molecular weight is 238 g/mol. The Labute approximate surface area is 139 Å². The van der Waals surface area contributed by atoms with E-state index in [4.69, 9.17) is 5.11 Å². The minimum absolute atomic E-state index is 0. The van der Waals surface area contributed by atoms with E-state index in [2.05, 4.69) is 13.8 Å². The smallest absolute Gasteiger partial charge is 0.857 e. The van der Waals surface area contributed by atoms with Gasteiger partial charge >= 0.3 is 51.4 Å². The van der Waals surface area contributed by atoms with Crippen molar-refractivity contribution < 1.29 is 56.5 Å². The van der Waals surface area contributed by atoms with Crippen LogP contribution in [0.5, 0.6) is 0 Å². The summed E-state index contributed by atoms with van der Waals surface area (Å²) in [5.74, 6) is 2.12. The van der Waals surface area contributed by atoms with E-state index in [9.17, 15) is 0 Å². The van der Waals surface area contributed by atoms with Crippen molar-refractivity contribution in [1.82, 2.24) is 0 Å². The van der Waals surface area contributed by atoms with Crippen molar-refractivity contribution in [1.29, 1.82) is 0 Å². The van der Waals surface area contributed by atoms with Gasteiger partial charge in [0, 0.05) is 0 Å². The van der Waals surface area contributed by atoms with Gasteiger partial charge in [-0.05, 0) is 11.8 Å². The molecule has 0 bridgehead atoms. The second kappa shape index (κ2) is 13.7. The second-order valence-electron chi connectivity index (χ2n) is 4.41. The van der Waals surface area contributed by atoms with Crippen LogP contribution in [-0.4, -0.2) is 7.11 Å². The largest absolute Gasteiger partial charge is 1.00 e. The zero-order valence-corrected chi connectivity index (χ0v) is 14.3. The fraction of sp³-hybridized carbons (Fsp3) is 1.00. The molecular weight excluding hydrogens is 211 g/mol. The Morgan fingerprint density at radius 1 is 1.07 bits per heavy atom. The fourth-order valence-corrected chi connectivity index (χ4v) is 2.47. The first-order chi connectivity index (χ1) is 6.86. The predicted octanol–water partition coefficient (Wildman–Crippen LogP) is 0.374. The van der Waals surface area contributed by atoms with Crippen molar-refractivity contribution in [2.45, 2.75) is 65.2 Å². The molecule has 86 valence electrons. The topological polar surface area (TPSA) is 23.1 Å². The van der Waals surface area contributed by atoms with Crippen LogP contribution in [0.4, 0.5) is 0 Å². The van der Waals surface area contributed by atoms with E-state index >= 15 is 0 Å². The second-order valence-corrected chi connectivity index (χ2v) is 4.41. The third kappa shape index (κ3) is 9.31. The fourth-order valence-electron chi connectivity index (χ4n) is 2.47. The Morgan fingerprint density at radius 2 is 1.53 bits per heavy atom. The van der Waals surface area contributed by atoms with Gasteiger partial charge in [-0.3, -0.25) is 0 Å². The first kappa shape index (κ1) is 18.9. The van der Waals surface area contributed by atoms with Gasteiger partial charge in [-0.1, -0.05) is 65.2 Å². The summed E-state index contributed by atoms with van der Waals surface area (Å²) in [5, 5.41) is 8.25. The molecule has 0 aromatic heterocycles. The first-order valence-electron chi connectivity index (χ1n) is 6.27. The standard InChI is InChI=1S/C12H24.CH3O.K/c1-3-11(4-2)9-10-12-7-5-6-8-12;1-2;/h11-12H,3-10H2,1-2H3;1H3;/q;-1;+1. The van der Waals surface area contributed by atoms with E-state index in [0.717, 1.165) is 18.9 Å². The minimum Gasteiger partial charge on any atom is -0.857 e. The van der Waals surface area contributed by atoms with Crippen LogP contribution in [0.2, 0.25) is 0 Å². The quantitative estimate of drug-likeness (QED) is 0.635. The summed E-state index contributed by atoms with van der Waals surface area (Å²) < 4.78 is 0. The predicted molar refractivity (Wildman–Crippen MR) is 61.2 cm³/mol. The molecule has 2 heteroatoms. The molecule has 0 amide bonds. The molecule has 1 aliphatic rings. The molecule has 0 spiro atoms. The molecule has 1 fully saturated rings. The molecule has 0 atom stereocenters. The molecule has 1 nitrogen and oxygen atoms in total. The van der Waals surface area contributed by atoms with Gasteiger partial charge in [-0.25, -0.2) is 0 Å². The molecule has 1 rings (SSSR count). The number of hydrogen-bond donors (Lipinski definition) is 0. The maximum Gasteiger partial charge on any atom is 1.00 e. The van der Waals surface area contributed by atoms with Gasteiger partial charge in [0.2, 0.25) is 0 Å². The zero-order chi connectivity index (χ0) is 10.8. The van der Waals surface area contributed by atoms with Crippen LogP contribution in [0, 0.1) is 11.8 Å². The summed E-state index contributed by atoms with van der Waals surface area (Å²) in [5.41, 5.74) is 0. The first-order valence-corrected chi connectivity index (χ1v) is 6.27. The molecule has 0 aromatic rings. The molecule has 0 N–H and O–H groups in total. The van der Waals surface area contributed by atoms with E-state index in [0.29, 0.717) is 0 Å². The Hall–Kier alpha value is 1.60. The normalized spacial score (nSPS) is 15.8. The third-order valence-corrected chi connectivity index (χ3v) is 3.61. The van der Waals surface area contributed by atoms with E-state index in [1.54, 1.807) is 0 Å². The van der Waals surface area contributed by atoms with Gasteiger partial charge < -0.3 is 5.11 Å². The Kier molecular flexibility index (Phi) is 17.3. The maximum absolute atomic E-state index is 8.25. The Bertz CT molecular complexity index is 105. The van der Waals surface area contributed by atoms with Gasteiger partial charge in [-0.2, -0.15) is 7.11 Å². The van der Waals surface area contributed by atoms with Crippen LogP contribution in [0.15, 0.2) is 0 Å². The van der Waals surface area contributed by atoms with Gasteiger partial charge in [0.05, 0.1) is 0 Å². The van der Waals surface area contributed by atoms with Gasteiger partial charge in [0.1, 0.15) is 0 Å². The van der Waals surface area contributed by atoms with Crippen molar-refractivity contribution in [3.05, 3.63) is 0 Å². The molecule has 15 heavy (non-hydrogen) atoms. The molecule has 1 aliphatic carbocycles. The molecular formula is C13H27KO. The number of hydrogen-bond acceptors (Lipinski definition) is 1. The van der Waals surface area contributed by atoms with Crippen LogP contribution in [0.1, 0.15) is 65.2 Å². The summed E-state index contributed by atoms with van der Waals surface area (Å²) in [6.07, 6.45) is 11.9.